The lowest BCUT2D eigenvalue weighted by Crippen LogP contribution is -2.43. The van der Waals surface area contributed by atoms with Crippen molar-refractivity contribution in [2.24, 2.45) is 5.92 Å². The Balaban J connectivity index is 2.22. The molecule has 0 aromatic heterocycles. The highest BCUT2D eigenvalue weighted by Crippen LogP contribution is 2.29. The molecule has 0 amide bonds. The van der Waals surface area contributed by atoms with Crippen LogP contribution in [0.5, 0.6) is 0 Å². The van der Waals surface area contributed by atoms with E-state index in [1.807, 2.05) is 24.8 Å². The van der Waals surface area contributed by atoms with Gasteiger partial charge >= 0.3 is 0 Å². The average molecular weight is 266 g/mol. The van der Waals surface area contributed by atoms with Crippen molar-refractivity contribution in [2.75, 3.05) is 24.5 Å². The third kappa shape index (κ3) is 3.25. The Morgan fingerprint density at radius 2 is 2.26 bits per heavy atom. The van der Waals surface area contributed by atoms with Gasteiger partial charge in [0.25, 0.3) is 0 Å². The fourth-order valence-corrected chi connectivity index (χ4v) is 2.57. The van der Waals surface area contributed by atoms with E-state index < -0.39 is 0 Å². The Labute approximate surface area is 114 Å². The summed E-state index contributed by atoms with van der Waals surface area (Å²) < 4.78 is 14.1. The number of aliphatic hydroxyl groups is 1. The second-order valence-electron chi connectivity index (χ2n) is 5.31. The number of para-hydroxylation sites is 1. The highest BCUT2D eigenvalue weighted by atomic mass is 19.1. The highest BCUT2D eigenvalue weighted by Gasteiger charge is 2.27. The van der Waals surface area contributed by atoms with Gasteiger partial charge in [-0.05, 0) is 30.5 Å². The standard InChI is InChI=1S/C15H23FN2O/c1-3-17-9-12-5-4-6-13(16)15(12)18-8-7-11(2)14(19)10-18/h4-6,11,14,17,19H,3,7-10H2,1-2H3. The number of aliphatic hydroxyl groups excluding tert-OH is 1. The first-order chi connectivity index (χ1) is 9.13. The summed E-state index contributed by atoms with van der Waals surface area (Å²) >= 11 is 0. The van der Waals surface area contributed by atoms with Gasteiger partial charge in [0.2, 0.25) is 0 Å². The lowest BCUT2D eigenvalue weighted by Gasteiger charge is -2.37. The molecule has 0 aliphatic carbocycles. The van der Waals surface area contributed by atoms with E-state index in [2.05, 4.69) is 5.32 Å². The zero-order valence-corrected chi connectivity index (χ0v) is 11.7. The minimum Gasteiger partial charge on any atom is -0.391 e. The molecule has 3 nitrogen and oxygen atoms in total. The predicted octanol–water partition coefficient (Wildman–Crippen LogP) is 2.14. The molecule has 4 heteroatoms. The van der Waals surface area contributed by atoms with Crippen LogP contribution < -0.4 is 10.2 Å². The second kappa shape index (κ2) is 6.35. The number of benzene rings is 1. The minimum absolute atomic E-state index is 0.197. The van der Waals surface area contributed by atoms with Crippen LogP contribution in [0.2, 0.25) is 0 Å². The molecule has 2 N–H and O–H groups in total. The molecule has 106 valence electrons. The van der Waals surface area contributed by atoms with Crippen molar-refractivity contribution >= 4 is 5.69 Å². The van der Waals surface area contributed by atoms with Crippen LogP contribution in [0.25, 0.3) is 0 Å². The summed E-state index contributed by atoms with van der Waals surface area (Å²) in [7, 11) is 0. The minimum atomic E-state index is -0.375. The van der Waals surface area contributed by atoms with Gasteiger partial charge in [-0.15, -0.1) is 0 Å². The van der Waals surface area contributed by atoms with E-state index in [0.717, 1.165) is 25.1 Å². The van der Waals surface area contributed by atoms with Crippen molar-refractivity contribution < 1.29 is 9.50 Å². The fraction of sp³-hybridized carbons (Fsp3) is 0.600. The Hall–Kier alpha value is -1.13. The van der Waals surface area contributed by atoms with E-state index in [9.17, 15) is 9.50 Å². The molecule has 0 radical (unpaired) electrons. The molecule has 19 heavy (non-hydrogen) atoms. The van der Waals surface area contributed by atoms with Crippen LogP contribution in [0.1, 0.15) is 25.8 Å². The summed E-state index contributed by atoms with van der Waals surface area (Å²) in [6, 6.07) is 5.19. The van der Waals surface area contributed by atoms with Crippen LogP contribution in [0.3, 0.4) is 0 Å². The van der Waals surface area contributed by atoms with E-state index in [0.29, 0.717) is 24.7 Å². The summed E-state index contributed by atoms with van der Waals surface area (Å²) in [5.74, 6) is 0.0948. The fourth-order valence-electron chi connectivity index (χ4n) is 2.57. The maximum absolute atomic E-state index is 14.1. The molecule has 1 aliphatic rings. The molecule has 1 saturated heterocycles. The van der Waals surface area contributed by atoms with Crippen molar-refractivity contribution in [3.05, 3.63) is 29.6 Å². The molecule has 2 atom stereocenters. The maximum Gasteiger partial charge on any atom is 0.146 e. The van der Waals surface area contributed by atoms with Gasteiger partial charge in [0, 0.05) is 19.6 Å². The van der Waals surface area contributed by atoms with Crippen LogP contribution in [-0.4, -0.2) is 30.8 Å². The number of rotatable bonds is 4. The number of halogens is 1. The largest absolute Gasteiger partial charge is 0.391 e. The predicted molar refractivity (Wildman–Crippen MR) is 75.8 cm³/mol. The van der Waals surface area contributed by atoms with E-state index in [4.69, 9.17) is 0 Å². The monoisotopic (exact) mass is 266 g/mol. The molecule has 2 unspecified atom stereocenters. The molecule has 1 heterocycles. The van der Waals surface area contributed by atoms with E-state index in [-0.39, 0.29) is 11.9 Å². The molecular formula is C15H23FN2O. The van der Waals surface area contributed by atoms with Gasteiger partial charge in [-0.2, -0.15) is 0 Å². The van der Waals surface area contributed by atoms with Crippen LogP contribution in [0.15, 0.2) is 18.2 Å². The Bertz CT molecular complexity index is 425. The first-order valence-electron chi connectivity index (χ1n) is 7.04. The molecule has 1 aromatic rings. The summed E-state index contributed by atoms with van der Waals surface area (Å²) in [6.45, 7) is 6.91. The highest BCUT2D eigenvalue weighted by molar-refractivity contribution is 5.55. The number of piperidine rings is 1. The van der Waals surface area contributed by atoms with Crippen LogP contribution in [-0.2, 0) is 6.54 Å². The van der Waals surface area contributed by atoms with Gasteiger partial charge in [-0.3, -0.25) is 0 Å². The topological polar surface area (TPSA) is 35.5 Å². The Morgan fingerprint density at radius 1 is 1.47 bits per heavy atom. The maximum atomic E-state index is 14.1. The van der Waals surface area contributed by atoms with E-state index in [1.165, 1.54) is 6.07 Å². The van der Waals surface area contributed by atoms with E-state index in [1.54, 1.807) is 6.07 Å². The van der Waals surface area contributed by atoms with Crippen molar-refractivity contribution in [3.8, 4) is 0 Å². The number of nitrogens with zero attached hydrogens (tertiary/aromatic N) is 1. The van der Waals surface area contributed by atoms with Gasteiger partial charge < -0.3 is 15.3 Å². The lowest BCUT2D eigenvalue weighted by atomic mass is 9.95. The van der Waals surface area contributed by atoms with Gasteiger partial charge in [0.1, 0.15) is 5.82 Å². The summed E-state index contributed by atoms with van der Waals surface area (Å²) in [4.78, 5) is 1.98. The van der Waals surface area contributed by atoms with E-state index >= 15 is 0 Å². The first kappa shape index (κ1) is 14.3. The molecular weight excluding hydrogens is 243 g/mol. The smallest absolute Gasteiger partial charge is 0.146 e. The van der Waals surface area contributed by atoms with Crippen molar-refractivity contribution in [3.63, 3.8) is 0 Å². The lowest BCUT2D eigenvalue weighted by molar-refractivity contribution is 0.102. The quantitative estimate of drug-likeness (QED) is 0.876. The van der Waals surface area contributed by atoms with Gasteiger partial charge in [0.05, 0.1) is 11.8 Å². The van der Waals surface area contributed by atoms with Crippen LogP contribution >= 0.6 is 0 Å². The van der Waals surface area contributed by atoms with Gasteiger partial charge in [0.15, 0.2) is 0 Å². The zero-order chi connectivity index (χ0) is 13.8. The van der Waals surface area contributed by atoms with Crippen LogP contribution in [0.4, 0.5) is 10.1 Å². The summed E-state index contributed by atoms with van der Waals surface area (Å²) in [5, 5.41) is 13.2. The Kier molecular flexibility index (Phi) is 4.77. The summed E-state index contributed by atoms with van der Waals surface area (Å²) in [6.07, 6.45) is 0.524. The zero-order valence-electron chi connectivity index (χ0n) is 11.7. The number of β-amino-alcohol motifs (C(OH)–C–C–N with tert-alkyl or cyclic N) is 1. The summed E-state index contributed by atoms with van der Waals surface area (Å²) in [5.41, 5.74) is 1.61. The average Bonchev–Trinajstić information content (AvgIpc) is 2.40. The van der Waals surface area contributed by atoms with Crippen molar-refractivity contribution in [1.82, 2.24) is 5.32 Å². The number of hydrogen-bond acceptors (Lipinski definition) is 3. The van der Waals surface area contributed by atoms with Gasteiger partial charge in [-0.25, -0.2) is 4.39 Å². The molecule has 0 saturated carbocycles. The molecule has 0 bridgehead atoms. The molecule has 1 fully saturated rings. The molecule has 0 spiro atoms. The molecule has 1 aliphatic heterocycles. The molecule has 2 rings (SSSR count). The number of hydrogen-bond donors (Lipinski definition) is 2. The van der Waals surface area contributed by atoms with Crippen molar-refractivity contribution in [1.29, 1.82) is 0 Å². The number of nitrogens with one attached hydrogen (secondary N) is 1. The SMILES string of the molecule is CCNCc1cccc(F)c1N1CCC(C)C(O)C1. The number of anilines is 1. The second-order valence-corrected chi connectivity index (χ2v) is 5.31. The third-order valence-electron chi connectivity index (χ3n) is 3.87. The molecule has 1 aromatic carbocycles. The van der Waals surface area contributed by atoms with Crippen LogP contribution in [0, 0.1) is 11.7 Å². The normalized spacial score (nSPS) is 23.7. The Morgan fingerprint density at radius 3 is 2.95 bits per heavy atom. The third-order valence-corrected chi connectivity index (χ3v) is 3.87. The van der Waals surface area contributed by atoms with Gasteiger partial charge in [-0.1, -0.05) is 26.0 Å². The first-order valence-corrected chi connectivity index (χ1v) is 7.04. The van der Waals surface area contributed by atoms with Crippen molar-refractivity contribution in [2.45, 2.75) is 32.9 Å².